The summed E-state index contributed by atoms with van der Waals surface area (Å²) in [6.07, 6.45) is 7.31. The fourth-order valence-corrected chi connectivity index (χ4v) is 5.82. The van der Waals surface area contributed by atoms with Gasteiger partial charge in [0.25, 0.3) is 5.91 Å². The van der Waals surface area contributed by atoms with Crippen LogP contribution in [-0.2, 0) is 0 Å². The largest absolute Gasteiger partial charge is 0.463 e. The van der Waals surface area contributed by atoms with Gasteiger partial charge in [0.05, 0.1) is 11.2 Å². The van der Waals surface area contributed by atoms with Crippen molar-refractivity contribution in [3.05, 3.63) is 36.1 Å². The second kappa shape index (κ2) is 4.38. The monoisotopic (exact) mass is 311 g/mol. The highest BCUT2D eigenvalue weighted by atomic mass is 16.3. The van der Waals surface area contributed by atoms with E-state index < -0.39 is 5.60 Å². The van der Waals surface area contributed by atoms with Crippen LogP contribution in [0.4, 0.5) is 0 Å². The highest BCUT2D eigenvalue weighted by Gasteiger charge is 2.57. The number of aliphatic hydroxyl groups is 1. The maximum Gasteiger partial charge on any atom is 0.255 e. The maximum atomic E-state index is 12.9. The first-order valence-corrected chi connectivity index (χ1v) is 8.55. The van der Waals surface area contributed by atoms with Crippen molar-refractivity contribution in [2.45, 2.75) is 49.7 Å². The van der Waals surface area contributed by atoms with Crippen LogP contribution in [0.2, 0.25) is 0 Å². The van der Waals surface area contributed by atoms with Crippen molar-refractivity contribution >= 4 is 16.9 Å². The van der Waals surface area contributed by atoms with Gasteiger partial charge in [0, 0.05) is 10.9 Å². The summed E-state index contributed by atoms with van der Waals surface area (Å²) >= 11 is 0. The van der Waals surface area contributed by atoms with Gasteiger partial charge in [0.2, 0.25) is 0 Å². The van der Waals surface area contributed by atoms with E-state index in [1.807, 2.05) is 24.3 Å². The Morgan fingerprint density at radius 2 is 1.91 bits per heavy atom. The number of rotatable bonds is 2. The molecule has 1 aromatic heterocycles. The van der Waals surface area contributed by atoms with Gasteiger partial charge in [-0.2, -0.15) is 0 Å². The van der Waals surface area contributed by atoms with Crippen LogP contribution >= 0.6 is 0 Å². The van der Waals surface area contributed by atoms with Gasteiger partial charge >= 0.3 is 0 Å². The van der Waals surface area contributed by atoms with E-state index in [0.717, 1.165) is 36.7 Å². The molecule has 1 aromatic carbocycles. The SMILES string of the molecule is O=C(NC12CC3CC(CC(O)(C3)C1)C2)c1coc2ccccc12. The molecule has 4 nitrogen and oxygen atoms in total. The Labute approximate surface area is 134 Å². The van der Waals surface area contributed by atoms with Crippen LogP contribution in [0, 0.1) is 11.8 Å². The fraction of sp³-hybridized carbons (Fsp3) is 0.526. The van der Waals surface area contributed by atoms with Crippen LogP contribution in [0.5, 0.6) is 0 Å². The molecule has 4 saturated carbocycles. The molecule has 2 N–H and O–H groups in total. The minimum atomic E-state index is -0.560. The Kier molecular flexibility index (Phi) is 2.59. The predicted molar refractivity (Wildman–Crippen MR) is 86.0 cm³/mol. The summed E-state index contributed by atoms with van der Waals surface area (Å²) in [7, 11) is 0. The number of fused-ring (bicyclic) bond motifs is 1. The standard InChI is InChI=1S/C19H21NO3/c21-17(15-10-23-16-4-2-1-3-14(15)16)20-18-6-12-5-13(7-18)9-19(22,8-12)11-18/h1-4,10,12-13,22H,5-9,11H2,(H,20,21). The summed E-state index contributed by atoms with van der Waals surface area (Å²) in [6, 6.07) is 7.62. The Bertz CT molecular complexity index is 779. The number of benzene rings is 1. The first-order chi connectivity index (χ1) is 11.0. The van der Waals surface area contributed by atoms with Crippen molar-refractivity contribution in [1.29, 1.82) is 0 Å². The molecule has 4 bridgehead atoms. The van der Waals surface area contributed by atoms with E-state index in [-0.39, 0.29) is 11.4 Å². The molecule has 4 aliphatic rings. The molecule has 2 aromatic rings. The zero-order chi connectivity index (χ0) is 15.7. The third kappa shape index (κ3) is 2.04. The van der Waals surface area contributed by atoms with Crippen LogP contribution in [0.25, 0.3) is 11.0 Å². The highest BCUT2D eigenvalue weighted by molar-refractivity contribution is 6.06. The summed E-state index contributed by atoms with van der Waals surface area (Å²) in [4.78, 5) is 12.9. The molecule has 2 unspecified atom stereocenters. The molecule has 2 atom stereocenters. The van der Waals surface area contributed by atoms with Gasteiger partial charge < -0.3 is 14.8 Å². The Morgan fingerprint density at radius 1 is 1.17 bits per heavy atom. The zero-order valence-electron chi connectivity index (χ0n) is 13.0. The molecule has 6 rings (SSSR count). The normalized spacial score (nSPS) is 38.1. The lowest BCUT2D eigenvalue weighted by Crippen LogP contribution is -2.65. The molecular formula is C19H21NO3. The van der Waals surface area contributed by atoms with E-state index >= 15 is 0 Å². The van der Waals surface area contributed by atoms with Gasteiger partial charge in [-0.15, -0.1) is 0 Å². The Hall–Kier alpha value is -1.81. The number of hydrogen-bond donors (Lipinski definition) is 2. The number of nitrogens with one attached hydrogen (secondary N) is 1. The molecular weight excluding hydrogens is 290 g/mol. The number of para-hydroxylation sites is 1. The second-order valence-corrected chi connectivity index (χ2v) is 8.07. The van der Waals surface area contributed by atoms with Crippen molar-refractivity contribution in [1.82, 2.24) is 5.32 Å². The molecule has 23 heavy (non-hydrogen) atoms. The highest BCUT2D eigenvalue weighted by Crippen LogP contribution is 2.57. The molecule has 0 saturated heterocycles. The van der Waals surface area contributed by atoms with Gasteiger partial charge in [-0.25, -0.2) is 0 Å². The summed E-state index contributed by atoms with van der Waals surface area (Å²) in [5.74, 6) is 1.05. The van der Waals surface area contributed by atoms with Crippen LogP contribution in [0.3, 0.4) is 0 Å². The molecule has 0 aliphatic heterocycles. The summed E-state index contributed by atoms with van der Waals surface area (Å²) in [6.45, 7) is 0. The van der Waals surface area contributed by atoms with Crippen molar-refractivity contribution in [3.63, 3.8) is 0 Å². The van der Waals surface area contributed by atoms with E-state index in [9.17, 15) is 9.90 Å². The Morgan fingerprint density at radius 3 is 2.65 bits per heavy atom. The van der Waals surface area contributed by atoms with Crippen molar-refractivity contribution in [2.24, 2.45) is 11.8 Å². The van der Waals surface area contributed by atoms with E-state index in [0.29, 0.717) is 23.8 Å². The second-order valence-electron chi connectivity index (χ2n) is 8.07. The van der Waals surface area contributed by atoms with Crippen molar-refractivity contribution in [3.8, 4) is 0 Å². The van der Waals surface area contributed by atoms with Crippen LogP contribution < -0.4 is 5.32 Å². The van der Waals surface area contributed by atoms with E-state index in [4.69, 9.17) is 4.42 Å². The fourth-order valence-electron chi connectivity index (χ4n) is 5.82. The topological polar surface area (TPSA) is 62.5 Å². The minimum Gasteiger partial charge on any atom is -0.463 e. The van der Waals surface area contributed by atoms with Crippen LogP contribution in [0.1, 0.15) is 48.9 Å². The zero-order valence-corrected chi connectivity index (χ0v) is 13.0. The molecule has 4 fully saturated rings. The van der Waals surface area contributed by atoms with Crippen molar-refractivity contribution in [2.75, 3.05) is 0 Å². The summed E-state index contributed by atoms with van der Waals surface area (Å²) in [5.41, 5.74) is 0.550. The van der Waals surface area contributed by atoms with Gasteiger partial charge in [-0.1, -0.05) is 18.2 Å². The quantitative estimate of drug-likeness (QED) is 0.895. The molecule has 1 amide bonds. The third-order valence-corrected chi connectivity index (χ3v) is 6.13. The average Bonchev–Trinajstić information content (AvgIpc) is 2.88. The van der Waals surface area contributed by atoms with Gasteiger partial charge in [-0.3, -0.25) is 4.79 Å². The number of carbonyl (C=O) groups excluding carboxylic acids is 1. The number of furan rings is 1. The van der Waals surface area contributed by atoms with Crippen LogP contribution in [-0.4, -0.2) is 22.2 Å². The molecule has 4 aliphatic carbocycles. The van der Waals surface area contributed by atoms with Gasteiger partial charge in [0.1, 0.15) is 11.8 Å². The molecule has 4 heteroatoms. The average molecular weight is 311 g/mol. The minimum absolute atomic E-state index is 0.0690. The number of amides is 1. The summed E-state index contributed by atoms with van der Waals surface area (Å²) < 4.78 is 5.50. The molecule has 120 valence electrons. The lowest BCUT2D eigenvalue weighted by atomic mass is 9.51. The number of carbonyl (C=O) groups is 1. The molecule has 1 heterocycles. The molecule has 0 radical (unpaired) electrons. The van der Waals surface area contributed by atoms with E-state index in [1.54, 1.807) is 6.26 Å². The predicted octanol–water partition coefficient (Wildman–Crippen LogP) is 3.25. The number of hydrogen-bond acceptors (Lipinski definition) is 3. The first kappa shape index (κ1) is 13.6. The first-order valence-electron chi connectivity index (χ1n) is 8.55. The van der Waals surface area contributed by atoms with Crippen LogP contribution in [0.15, 0.2) is 34.9 Å². The lowest BCUT2D eigenvalue weighted by Gasteiger charge is -2.60. The maximum absolute atomic E-state index is 12.9. The van der Waals surface area contributed by atoms with Gasteiger partial charge in [0.15, 0.2) is 0 Å². The summed E-state index contributed by atoms with van der Waals surface area (Å²) in [5, 5.41) is 15.0. The van der Waals surface area contributed by atoms with Crippen molar-refractivity contribution < 1.29 is 14.3 Å². The van der Waals surface area contributed by atoms with Gasteiger partial charge in [-0.05, 0) is 56.4 Å². The smallest absolute Gasteiger partial charge is 0.255 e. The Balaban J connectivity index is 1.46. The van der Waals surface area contributed by atoms with E-state index in [1.165, 1.54) is 6.42 Å². The lowest BCUT2D eigenvalue weighted by molar-refractivity contribution is -0.139. The van der Waals surface area contributed by atoms with E-state index in [2.05, 4.69) is 5.32 Å². The third-order valence-electron chi connectivity index (χ3n) is 6.13. The molecule has 0 spiro atoms.